The Morgan fingerprint density at radius 3 is 2.59 bits per heavy atom. The van der Waals surface area contributed by atoms with Crippen LogP contribution < -0.4 is 9.62 Å². The maximum atomic E-state index is 11.5. The Hall–Kier alpha value is -2.49. The molecule has 0 aromatic heterocycles. The molecule has 3 rings (SSSR count). The number of hydrogen-bond donors (Lipinski definition) is 0. The lowest BCUT2D eigenvalue weighted by molar-refractivity contribution is -0.149. The smallest absolute Gasteiger partial charge is 0.386 e. The fourth-order valence-corrected chi connectivity index (χ4v) is 1.40. The molecule has 1 heterocycles. The van der Waals surface area contributed by atoms with Crippen molar-refractivity contribution < 1.29 is 19.3 Å². The van der Waals surface area contributed by atoms with Gasteiger partial charge in [-0.3, -0.25) is 4.89 Å². The molecule has 0 saturated heterocycles. The van der Waals surface area contributed by atoms with E-state index in [4.69, 9.17) is 14.5 Å². The molecule has 2 aromatic rings. The number of rotatable bonds is 3. The minimum absolute atomic E-state index is 0.436. The first-order valence-electron chi connectivity index (χ1n) is 5.09. The fraction of sp³-hybridized carbons (Fsp3) is 0. The predicted octanol–water partition coefficient (Wildman–Crippen LogP) is 2.94. The fourth-order valence-electron chi connectivity index (χ4n) is 1.40. The monoisotopic (exact) mass is 228 g/mol. The molecule has 4 nitrogen and oxygen atoms in total. The summed E-state index contributed by atoms with van der Waals surface area (Å²) >= 11 is 0. The zero-order valence-electron chi connectivity index (χ0n) is 8.75. The van der Waals surface area contributed by atoms with Gasteiger partial charge in [-0.1, -0.05) is 18.2 Å². The zero-order chi connectivity index (χ0) is 11.7. The second-order valence-electron chi connectivity index (χ2n) is 3.53. The van der Waals surface area contributed by atoms with Gasteiger partial charge in [0, 0.05) is 6.07 Å². The number of benzene rings is 2. The number of hydrogen-bond acceptors (Lipinski definition) is 4. The Morgan fingerprint density at radius 1 is 1.00 bits per heavy atom. The van der Waals surface area contributed by atoms with E-state index in [1.807, 2.05) is 6.07 Å². The minimum atomic E-state index is -0.531. The SMILES string of the molecule is O=C(OOc1ccc2c(c1)O2)c1ccccc1. The first-order valence-corrected chi connectivity index (χ1v) is 5.09. The molecule has 0 amide bonds. The highest BCUT2D eigenvalue weighted by Gasteiger charge is 2.20. The normalized spacial score (nSPS) is 11.1. The molecule has 0 saturated carbocycles. The van der Waals surface area contributed by atoms with E-state index in [1.54, 1.807) is 42.5 Å². The quantitative estimate of drug-likeness (QED) is 0.393. The van der Waals surface area contributed by atoms with Crippen LogP contribution in [0.2, 0.25) is 0 Å². The topological polar surface area (TPSA) is 48.1 Å². The molecule has 0 unspecified atom stereocenters. The van der Waals surface area contributed by atoms with Crippen molar-refractivity contribution in [1.82, 2.24) is 0 Å². The van der Waals surface area contributed by atoms with Crippen molar-refractivity contribution in [3.8, 4) is 17.2 Å². The number of carbonyl (C=O) groups is 1. The Bertz CT molecular complexity index is 563. The molecular formula is C13H8O4. The summed E-state index contributed by atoms with van der Waals surface area (Å²) < 4.78 is 5.05. The average Bonchev–Trinajstić information content (AvgIpc) is 3.15. The third kappa shape index (κ3) is 2.06. The molecule has 0 fully saturated rings. The standard InChI is InChI=1S/C13H8O4/c14-13(9-4-2-1-3-5-9)17-16-10-6-7-11-12(8-10)15-11/h1-8H. The summed E-state index contributed by atoms with van der Waals surface area (Å²) in [5, 5.41) is 0. The largest absolute Gasteiger partial charge is 0.449 e. The van der Waals surface area contributed by atoms with Crippen molar-refractivity contribution in [2.45, 2.75) is 0 Å². The van der Waals surface area contributed by atoms with Gasteiger partial charge in [-0.25, -0.2) is 9.68 Å². The van der Waals surface area contributed by atoms with Gasteiger partial charge < -0.3 is 4.74 Å². The van der Waals surface area contributed by atoms with Crippen molar-refractivity contribution in [2.24, 2.45) is 0 Å². The lowest BCUT2D eigenvalue weighted by Gasteiger charge is -2.02. The summed E-state index contributed by atoms with van der Waals surface area (Å²) in [6, 6.07) is 13.7. The highest BCUT2D eigenvalue weighted by molar-refractivity contribution is 5.88. The van der Waals surface area contributed by atoms with Crippen molar-refractivity contribution in [3.63, 3.8) is 0 Å². The van der Waals surface area contributed by atoms with E-state index in [2.05, 4.69) is 0 Å². The van der Waals surface area contributed by atoms with Gasteiger partial charge in [-0.05, 0) is 24.3 Å². The Labute approximate surface area is 97.3 Å². The first-order chi connectivity index (χ1) is 8.33. The molecule has 4 heteroatoms. The lowest BCUT2D eigenvalue weighted by atomic mass is 10.2. The van der Waals surface area contributed by atoms with Crippen LogP contribution in [0, 0.1) is 0 Å². The van der Waals surface area contributed by atoms with Crippen LogP contribution in [-0.4, -0.2) is 5.97 Å². The summed E-state index contributed by atoms with van der Waals surface area (Å²) in [6.45, 7) is 0. The third-order valence-electron chi connectivity index (χ3n) is 2.32. The van der Waals surface area contributed by atoms with E-state index in [0.717, 1.165) is 11.5 Å². The van der Waals surface area contributed by atoms with Gasteiger partial charge in [-0.15, -0.1) is 0 Å². The first kappa shape index (κ1) is 9.72. The molecule has 0 bridgehead atoms. The van der Waals surface area contributed by atoms with Crippen LogP contribution >= 0.6 is 0 Å². The van der Waals surface area contributed by atoms with Gasteiger partial charge in [0.15, 0.2) is 17.2 Å². The second-order valence-corrected chi connectivity index (χ2v) is 3.53. The molecule has 0 spiro atoms. The van der Waals surface area contributed by atoms with E-state index in [-0.39, 0.29) is 0 Å². The van der Waals surface area contributed by atoms with Crippen LogP contribution in [0.25, 0.3) is 0 Å². The number of ether oxygens (including phenoxy) is 1. The van der Waals surface area contributed by atoms with Crippen LogP contribution in [0.4, 0.5) is 0 Å². The lowest BCUT2D eigenvalue weighted by Crippen LogP contribution is -2.07. The van der Waals surface area contributed by atoms with E-state index in [0.29, 0.717) is 11.3 Å². The molecule has 0 aliphatic carbocycles. The highest BCUT2D eigenvalue weighted by Crippen LogP contribution is 2.46. The summed E-state index contributed by atoms with van der Waals surface area (Å²) in [5.41, 5.74) is 0.440. The van der Waals surface area contributed by atoms with E-state index in [1.165, 1.54) is 0 Å². The van der Waals surface area contributed by atoms with Crippen molar-refractivity contribution in [3.05, 3.63) is 54.1 Å². The molecule has 0 atom stereocenters. The summed E-state index contributed by atoms with van der Waals surface area (Å²) in [5.74, 6) is 1.48. The van der Waals surface area contributed by atoms with Gasteiger partial charge in [0.2, 0.25) is 0 Å². The van der Waals surface area contributed by atoms with Crippen LogP contribution in [0.3, 0.4) is 0 Å². The highest BCUT2D eigenvalue weighted by atomic mass is 17.2. The minimum Gasteiger partial charge on any atom is -0.449 e. The van der Waals surface area contributed by atoms with Gasteiger partial charge in [0.25, 0.3) is 0 Å². The van der Waals surface area contributed by atoms with Crippen LogP contribution in [0.5, 0.6) is 17.2 Å². The van der Waals surface area contributed by atoms with Crippen LogP contribution in [-0.2, 0) is 4.89 Å². The van der Waals surface area contributed by atoms with E-state index in [9.17, 15) is 4.79 Å². The maximum Gasteiger partial charge on any atom is 0.386 e. The Balaban J connectivity index is 1.63. The second kappa shape index (κ2) is 3.83. The Kier molecular flexibility index (Phi) is 2.19. The van der Waals surface area contributed by atoms with E-state index >= 15 is 0 Å². The average molecular weight is 228 g/mol. The summed E-state index contributed by atoms with van der Waals surface area (Å²) in [7, 11) is 0. The number of fused-ring (bicyclic) bond motifs is 1. The van der Waals surface area contributed by atoms with Crippen molar-refractivity contribution in [1.29, 1.82) is 0 Å². The molecule has 0 radical (unpaired) electrons. The predicted molar refractivity (Wildman–Crippen MR) is 59.0 cm³/mol. The summed E-state index contributed by atoms with van der Waals surface area (Å²) in [6.07, 6.45) is 0. The summed E-state index contributed by atoms with van der Waals surface area (Å²) in [4.78, 5) is 21.1. The molecule has 1 aliphatic heterocycles. The van der Waals surface area contributed by atoms with Crippen LogP contribution in [0.1, 0.15) is 10.4 Å². The number of carbonyl (C=O) groups excluding carboxylic acids is 1. The Morgan fingerprint density at radius 2 is 1.82 bits per heavy atom. The van der Waals surface area contributed by atoms with Gasteiger partial charge in [0.05, 0.1) is 5.56 Å². The zero-order valence-corrected chi connectivity index (χ0v) is 8.75. The van der Waals surface area contributed by atoms with Gasteiger partial charge in [-0.2, -0.15) is 0 Å². The third-order valence-corrected chi connectivity index (χ3v) is 2.32. The van der Waals surface area contributed by atoms with Gasteiger partial charge in [0.1, 0.15) is 0 Å². The van der Waals surface area contributed by atoms with Crippen LogP contribution in [0.15, 0.2) is 48.5 Å². The van der Waals surface area contributed by atoms with E-state index < -0.39 is 5.97 Å². The molecular weight excluding hydrogens is 220 g/mol. The maximum absolute atomic E-state index is 11.5. The molecule has 2 aromatic carbocycles. The van der Waals surface area contributed by atoms with Crippen molar-refractivity contribution in [2.75, 3.05) is 0 Å². The molecule has 84 valence electrons. The van der Waals surface area contributed by atoms with Gasteiger partial charge >= 0.3 is 5.97 Å². The molecule has 1 aliphatic rings. The van der Waals surface area contributed by atoms with Crippen molar-refractivity contribution >= 4 is 5.97 Å². The molecule has 17 heavy (non-hydrogen) atoms. The molecule has 0 N–H and O–H groups in total.